The van der Waals surface area contributed by atoms with Crippen LogP contribution in [0.2, 0.25) is 0 Å². The first-order valence-electron chi connectivity index (χ1n) is 9.20. The van der Waals surface area contributed by atoms with Gasteiger partial charge in [0.1, 0.15) is 5.69 Å². The van der Waals surface area contributed by atoms with E-state index in [2.05, 4.69) is 23.8 Å². The maximum atomic E-state index is 12.8. The summed E-state index contributed by atoms with van der Waals surface area (Å²) in [5, 5.41) is 4.46. The van der Waals surface area contributed by atoms with E-state index >= 15 is 0 Å². The Balaban J connectivity index is 1.94. The van der Waals surface area contributed by atoms with Gasteiger partial charge in [-0.1, -0.05) is 26.2 Å². The third-order valence-corrected chi connectivity index (χ3v) is 4.71. The van der Waals surface area contributed by atoms with Crippen molar-refractivity contribution >= 4 is 5.91 Å². The molecule has 1 amide bonds. The van der Waals surface area contributed by atoms with Gasteiger partial charge in [-0.3, -0.25) is 9.48 Å². The van der Waals surface area contributed by atoms with E-state index in [4.69, 9.17) is 0 Å². The molecule has 1 aliphatic heterocycles. The number of hydrogen-bond acceptors (Lipinski definition) is 3. The molecule has 2 rings (SSSR count). The zero-order chi connectivity index (χ0) is 16.7. The van der Waals surface area contributed by atoms with Gasteiger partial charge < -0.3 is 9.80 Å². The standard InChI is InChI=1S/C18H32N4O/c1-4-10-16-15-17(20(3)19-16)18(23)22(5-2)14-13-21-11-8-6-7-9-12-21/h15H,4-14H2,1-3H3. The second kappa shape index (κ2) is 9.06. The zero-order valence-corrected chi connectivity index (χ0v) is 15.1. The van der Waals surface area contributed by atoms with Crippen molar-refractivity contribution in [2.45, 2.75) is 52.4 Å². The van der Waals surface area contributed by atoms with Gasteiger partial charge in [0, 0.05) is 26.7 Å². The molecular weight excluding hydrogens is 288 g/mol. The lowest BCUT2D eigenvalue weighted by atomic mass is 10.2. The van der Waals surface area contributed by atoms with Crippen LogP contribution in [0, 0.1) is 0 Å². The summed E-state index contributed by atoms with van der Waals surface area (Å²) in [4.78, 5) is 17.3. The molecule has 0 saturated carbocycles. The molecule has 0 aliphatic carbocycles. The van der Waals surface area contributed by atoms with Gasteiger partial charge in [-0.2, -0.15) is 5.10 Å². The lowest BCUT2D eigenvalue weighted by molar-refractivity contribution is 0.0734. The summed E-state index contributed by atoms with van der Waals surface area (Å²) in [7, 11) is 1.87. The van der Waals surface area contributed by atoms with Gasteiger partial charge >= 0.3 is 0 Å². The molecule has 0 unspecified atom stereocenters. The Morgan fingerprint density at radius 1 is 1.22 bits per heavy atom. The van der Waals surface area contributed by atoms with Crippen LogP contribution in [0.1, 0.15) is 62.1 Å². The van der Waals surface area contributed by atoms with Gasteiger partial charge in [0.15, 0.2) is 0 Å². The number of hydrogen-bond donors (Lipinski definition) is 0. The molecule has 0 bridgehead atoms. The normalized spacial score (nSPS) is 16.3. The minimum Gasteiger partial charge on any atom is -0.336 e. The molecule has 1 saturated heterocycles. The minimum atomic E-state index is 0.111. The number of aryl methyl sites for hydroxylation is 2. The molecule has 0 atom stereocenters. The third-order valence-electron chi connectivity index (χ3n) is 4.71. The molecule has 1 aromatic heterocycles. The summed E-state index contributed by atoms with van der Waals surface area (Å²) in [6.45, 7) is 9.10. The Kier molecular flexibility index (Phi) is 7.09. The fourth-order valence-corrected chi connectivity index (χ4v) is 3.29. The Morgan fingerprint density at radius 3 is 2.52 bits per heavy atom. The first-order chi connectivity index (χ1) is 11.2. The van der Waals surface area contributed by atoms with Crippen LogP contribution in [0.3, 0.4) is 0 Å². The zero-order valence-electron chi connectivity index (χ0n) is 15.1. The molecule has 1 aromatic rings. The van der Waals surface area contributed by atoms with Gasteiger partial charge in [-0.05, 0) is 45.3 Å². The third kappa shape index (κ3) is 5.06. The van der Waals surface area contributed by atoms with Gasteiger partial charge in [-0.25, -0.2) is 0 Å². The molecule has 1 fully saturated rings. The SMILES string of the molecule is CCCc1cc(C(=O)N(CC)CCN2CCCCCC2)n(C)n1. The van der Waals surface area contributed by atoms with Crippen molar-refractivity contribution < 1.29 is 4.79 Å². The van der Waals surface area contributed by atoms with Gasteiger partial charge in [0.05, 0.1) is 5.69 Å². The van der Waals surface area contributed by atoms with Crippen molar-refractivity contribution in [2.24, 2.45) is 7.05 Å². The number of carbonyl (C=O) groups is 1. The largest absolute Gasteiger partial charge is 0.336 e. The van der Waals surface area contributed by atoms with E-state index in [1.54, 1.807) is 4.68 Å². The molecule has 0 aromatic carbocycles. The first-order valence-corrected chi connectivity index (χ1v) is 9.20. The molecule has 5 nitrogen and oxygen atoms in total. The van der Waals surface area contributed by atoms with E-state index < -0.39 is 0 Å². The minimum absolute atomic E-state index is 0.111. The summed E-state index contributed by atoms with van der Waals surface area (Å²) < 4.78 is 1.74. The highest BCUT2D eigenvalue weighted by molar-refractivity contribution is 5.92. The number of rotatable bonds is 7. The Hall–Kier alpha value is -1.36. The molecule has 2 heterocycles. The average molecular weight is 320 g/mol. The molecule has 0 N–H and O–H groups in total. The Bertz CT molecular complexity index is 489. The lowest BCUT2D eigenvalue weighted by Crippen LogP contribution is -2.39. The van der Waals surface area contributed by atoms with Crippen molar-refractivity contribution in [3.05, 3.63) is 17.5 Å². The van der Waals surface area contributed by atoms with E-state index in [1.807, 2.05) is 18.0 Å². The molecular formula is C18H32N4O. The number of carbonyl (C=O) groups excluding carboxylic acids is 1. The van der Waals surface area contributed by atoms with Crippen LogP contribution in [0.4, 0.5) is 0 Å². The molecule has 130 valence electrons. The van der Waals surface area contributed by atoms with Gasteiger partial charge in [-0.15, -0.1) is 0 Å². The highest BCUT2D eigenvalue weighted by atomic mass is 16.2. The predicted octanol–water partition coefficient (Wildman–Crippen LogP) is 2.71. The lowest BCUT2D eigenvalue weighted by Gasteiger charge is -2.26. The van der Waals surface area contributed by atoms with E-state index in [-0.39, 0.29) is 5.91 Å². The molecule has 23 heavy (non-hydrogen) atoms. The average Bonchev–Trinajstić information content (AvgIpc) is 2.75. The molecule has 0 spiro atoms. The van der Waals surface area contributed by atoms with Crippen LogP contribution in [0.15, 0.2) is 6.07 Å². The Labute approximate surface area is 140 Å². The summed E-state index contributed by atoms with van der Waals surface area (Å²) in [6, 6.07) is 1.96. The second-order valence-corrected chi connectivity index (χ2v) is 6.54. The predicted molar refractivity (Wildman–Crippen MR) is 93.7 cm³/mol. The van der Waals surface area contributed by atoms with Gasteiger partial charge in [0.2, 0.25) is 0 Å². The summed E-state index contributed by atoms with van der Waals surface area (Å²) >= 11 is 0. The van der Waals surface area contributed by atoms with E-state index in [0.717, 1.165) is 38.2 Å². The van der Waals surface area contributed by atoms with Crippen molar-refractivity contribution in [3.8, 4) is 0 Å². The van der Waals surface area contributed by atoms with Crippen molar-refractivity contribution in [1.82, 2.24) is 19.6 Å². The Morgan fingerprint density at radius 2 is 1.91 bits per heavy atom. The van der Waals surface area contributed by atoms with E-state index in [0.29, 0.717) is 5.69 Å². The summed E-state index contributed by atoms with van der Waals surface area (Å²) in [6.07, 6.45) is 7.27. The number of aromatic nitrogens is 2. The summed E-state index contributed by atoms with van der Waals surface area (Å²) in [5.74, 6) is 0.111. The fraction of sp³-hybridized carbons (Fsp3) is 0.778. The molecule has 5 heteroatoms. The van der Waals surface area contributed by atoms with Crippen LogP contribution in [-0.2, 0) is 13.5 Å². The van der Waals surface area contributed by atoms with Crippen LogP contribution < -0.4 is 0 Å². The van der Waals surface area contributed by atoms with Crippen LogP contribution >= 0.6 is 0 Å². The van der Waals surface area contributed by atoms with Crippen LogP contribution in [-0.4, -0.2) is 58.2 Å². The molecule has 0 radical (unpaired) electrons. The maximum Gasteiger partial charge on any atom is 0.272 e. The fourth-order valence-electron chi connectivity index (χ4n) is 3.29. The van der Waals surface area contributed by atoms with Crippen LogP contribution in [0.25, 0.3) is 0 Å². The monoisotopic (exact) mass is 320 g/mol. The first kappa shape index (κ1) is 18.0. The number of amides is 1. The van der Waals surface area contributed by atoms with Gasteiger partial charge in [0.25, 0.3) is 5.91 Å². The number of nitrogens with zero attached hydrogens (tertiary/aromatic N) is 4. The number of likely N-dealkylation sites (N-methyl/N-ethyl adjacent to an activating group) is 1. The van der Waals surface area contributed by atoms with Crippen molar-refractivity contribution in [2.75, 3.05) is 32.7 Å². The van der Waals surface area contributed by atoms with Crippen molar-refractivity contribution in [3.63, 3.8) is 0 Å². The smallest absolute Gasteiger partial charge is 0.272 e. The summed E-state index contributed by atoms with van der Waals surface area (Å²) in [5.41, 5.74) is 1.73. The highest BCUT2D eigenvalue weighted by Crippen LogP contribution is 2.11. The molecule has 1 aliphatic rings. The van der Waals surface area contributed by atoms with Crippen molar-refractivity contribution in [1.29, 1.82) is 0 Å². The topological polar surface area (TPSA) is 41.4 Å². The maximum absolute atomic E-state index is 12.8. The van der Waals surface area contributed by atoms with E-state index in [1.165, 1.54) is 38.8 Å². The quantitative estimate of drug-likeness (QED) is 0.776. The number of likely N-dealkylation sites (tertiary alicyclic amines) is 1. The van der Waals surface area contributed by atoms with E-state index in [9.17, 15) is 4.79 Å². The highest BCUT2D eigenvalue weighted by Gasteiger charge is 2.20. The second-order valence-electron chi connectivity index (χ2n) is 6.54. The van der Waals surface area contributed by atoms with Crippen LogP contribution in [0.5, 0.6) is 0 Å².